The summed E-state index contributed by atoms with van der Waals surface area (Å²) in [6.45, 7) is 8.11. The highest BCUT2D eigenvalue weighted by Gasteiger charge is 2.20. The summed E-state index contributed by atoms with van der Waals surface area (Å²) in [6, 6.07) is 16.2. The molecule has 0 radical (unpaired) electrons. The summed E-state index contributed by atoms with van der Waals surface area (Å²) in [4.78, 5) is 39.5. The van der Waals surface area contributed by atoms with Gasteiger partial charge in [-0.05, 0) is 43.7 Å². The molecule has 0 saturated heterocycles. The lowest BCUT2D eigenvalue weighted by Crippen LogP contribution is -2.42. The summed E-state index contributed by atoms with van der Waals surface area (Å²) in [5, 5.41) is 0.414. The van der Waals surface area contributed by atoms with E-state index in [2.05, 4.69) is 6.58 Å². The van der Waals surface area contributed by atoms with Gasteiger partial charge in [0, 0.05) is 28.5 Å². The van der Waals surface area contributed by atoms with Gasteiger partial charge in [-0.15, -0.1) is 6.58 Å². The molecule has 7 heteroatoms. The van der Waals surface area contributed by atoms with Crippen molar-refractivity contribution in [2.45, 2.75) is 33.5 Å². The lowest BCUT2D eigenvalue weighted by Gasteiger charge is -2.15. The lowest BCUT2D eigenvalue weighted by molar-refractivity contribution is 0.0971. The molecule has 33 heavy (non-hydrogen) atoms. The Morgan fingerprint density at radius 2 is 1.64 bits per heavy atom. The Kier molecular flexibility index (Phi) is 6.20. The van der Waals surface area contributed by atoms with E-state index in [1.165, 1.54) is 9.13 Å². The Morgan fingerprint density at radius 1 is 0.939 bits per heavy atom. The van der Waals surface area contributed by atoms with E-state index < -0.39 is 11.1 Å². The number of aryl methyl sites for hydroxylation is 1. The first-order chi connectivity index (χ1) is 15.8. The third-order valence-electron chi connectivity index (χ3n) is 5.86. The molecule has 0 fully saturated rings. The van der Waals surface area contributed by atoms with Gasteiger partial charge >= 0.3 is 11.1 Å². The molecule has 0 unspecified atom stereocenters. The highest BCUT2D eigenvalue weighted by molar-refractivity contribution is 6.31. The number of hydrogen-bond acceptors (Lipinski definition) is 3. The fourth-order valence-electron chi connectivity index (χ4n) is 4.19. The van der Waals surface area contributed by atoms with E-state index in [9.17, 15) is 14.4 Å². The topological polar surface area (TPSA) is 66.0 Å². The fraction of sp³-hybridized carbons (Fsp3) is 0.192. The van der Waals surface area contributed by atoms with Gasteiger partial charge in [0.1, 0.15) is 0 Å². The highest BCUT2D eigenvalue weighted by atomic mass is 35.5. The molecule has 2 heterocycles. The van der Waals surface area contributed by atoms with Crippen LogP contribution in [0, 0.1) is 13.8 Å². The first-order valence-corrected chi connectivity index (χ1v) is 11.0. The van der Waals surface area contributed by atoms with Gasteiger partial charge in [0.15, 0.2) is 5.78 Å². The van der Waals surface area contributed by atoms with Crippen molar-refractivity contribution in [1.29, 1.82) is 0 Å². The Hall–Kier alpha value is -3.64. The zero-order valence-corrected chi connectivity index (χ0v) is 19.3. The molecule has 4 aromatic rings. The smallest absolute Gasteiger partial charge is 0.317 e. The molecule has 0 aliphatic heterocycles. The molecule has 168 valence electrons. The maximum absolute atomic E-state index is 13.2. The van der Waals surface area contributed by atoms with Crippen molar-refractivity contribution >= 4 is 28.4 Å². The maximum atomic E-state index is 13.2. The number of Topliss-reactive ketones (excluding diaryl/α,β-unsaturated/α-hetero) is 1. The van der Waals surface area contributed by atoms with Crippen molar-refractivity contribution in [2.75, 3.05) is 0 Å². The number of carbonyl (C=O) groups excluding carboxylic acids is 1. The van der Waals surface area contributed by atoms with Gasteiger partial charge in [0.05, 0.1) is 24.1 Å². The summed E-state index contributed by atoms with van der Waals surface area (Å²) in [5.74, 6) is -0.248. The van der Waals surface area contributed by atoms with Gasteiger partial charge < -0.3 is 4.57 Å². The van der Waals surface area contributed by atoms with E-state index in [0.717, 1.165) is 17.0 Å². The zero-order chi connectivity index (χ0) is 23.7. The molecule has 6 nitrogen and oxygen atoms in total. The Balaban J connectivity index is 1.84. The average Bonchev–Trinajstić information content (AvgIpc) is 3.09. The van der Waals surface area contributed by atoms with Crippen LogP contribution in [0.1, 0.15) is 27.3 Å². The van der Waals surface area contributed by atoms with Crippen LogP contribution in [-0.4, -0.2) is 19.5 Å². The molecule has 0 aliphatic carbocycles. The molecule has 2 aromatic carbocycles. The van der Waals surface area contributed by atoms with Crippen LogP contribution in [0.15, 0.2) is 76.8 Å². The number of allylic oxidation sites excluding steroid dienone is 1. The van der Waals surface area contributed by atoms with Gasteiger partial charge in [-0.3, -0.25) is 23.5 Å². The Bertz CT molecular complexity index is 1490. The molecule has 0 aliphatic rings. The van der Waals surface area contributed by atoms with E-state index in [1.54, 1.807) is 30.3 Å². The summed E-state index contributed by atoms with van der Waals surface area (Å²) in [6.07, 6.45) is 1.76. The summed E-state index contributed by atoms with van der Waals surface area (Å²) in [7, 11) is 0. The van der Waals surface area contributed by atoms with Crippen LogP contribution in [-0.2, 0) is 19.6 Å². The van der Waals surface area contributed by atoms with Gasteiger partial charge in [-0.1, -0.05) is 48.0 Å². The van der Waals surface area contributed by atoms with Crippen molar-refractivity contribution in [3.63, 3.8) is 0 Å². The fourth-order valence-corrected chi connectivity index (χ4v) is 4.36. The van der Waals surface area contributed by atoms with E-state index in [0.29, 0.717) is 28.2 Å². The van der Waals surface area contributed by atoms with Crippen LogP contribution in [0.3, 0.4) is 0 Å². The van der Waals surface area contributed by atoms with Gasteiger partial charge in [-0.25, -0.2) is 0 Å². The van der Waals surface area contributed by atoms with Crippen LogP contribution in [0.25, 0.3) is 11.0 Å². The number of benzene rings is 2. The molecule has 0 atom stereocenters. The van der Waals surface area contributed by atoms with Crippen molar-refractivity contribution in [2.24, 2.45) is 0 Å². The van der Waals surface area contributed by atoms with E-state index in [4.69, 9.17) is 11.6 Å². The number of nitrogens with zero attached hydrogens (tertiary/aromatic N) is 3. The van der Waals surface area contributed by atoms with Gasteiger partial charge in [0.2, 0.25) is 0 Å². The molecule has 0 saturated carbocycles. The number of rotatable bonds is 7. The molecular weight excluding hydrogens is 438 g/mol. The Morgan fingerprint density at radius 3 is 2.33 bits per heavy atom. The third kappa shape index (κ3) is 4.22. The van der Waals surface area contributed by atoms with Crippen LogP contribution in [0.5, 0.6) is 0 Å². The molecule has 0 amide bonds. The second-order valence-corrected chi connectivity index (χ2v) is 8.44. The molecule has 2 aromatic heterocycles. The molecule has 0 bridgehead atoms. The minimum atomic E-state index is -0.756. The summed E-state index contributed by atoms with van der Waals surface area (Å²) >= 11 is 6.23. The SMILES string of the molecule is C=CCn1c(C)cc(C(=O)Cn2c(=O)c(=O)n(Cc3ccccc3)c3ccc(Cl)cc32)c1C. The standard InChI is InChI=1S/C26H24ClN3O3/c1-4-12-28-17(2)13-21(18(28)3)24(31)16-30-23-14-20(27)10-11-22(23)29(25(32)26(30)33)15-19-8-6-5-7-9-19/h4-11,13-14H,1,12,15-16H2,2-3H3. The number of halogens is 1. The normalized spacial score (nSPS) is 11.1. The number of hydrogen-bond donors (Lipinski definition) is 0. The second-order valence-electron chi connectivity index (χ2n) is 8.01. The third-order valence-corrected chi connectivity index (χ3v) is 6.10. The van der Waals surface area contributed by atoms with Crippen molar-refractivity contribution in [3.8, 4) is 0 Å². The number of aromatic nitrogens is 3. The van der Waals surface area contributed by atoms with E-state index >= 15 is 0 Å². The minimum absolute atomic E-state index is 0.241. The van der Waals surface area contributed by atoms with E-state index in [1.807, 2.05) is 48.7 Å². The van der Waals surface area contributed by atoms with Crippen molar-refractivity contribution in [1.82, 2.24) is 13.7 Å². The van der Waals surface area contributed by atoms with Crippen LogP contribution >= 0.6 is 11.6 Å². The predicted molar refractivity (Wildman–Crippen MR) is 131 cm³/mol. The number of fused-ring (bicyclic) bond motifs is 1. The lowest BCUT2D eigenvalue weighted by atomic mass is 10.1. The monoisotopic (exact) mass is 461 g/mol. The number of ketones is 1. The highest BCUT2D eigenvalue weighted by Crippen LogP contribution is 2.20. The first-order valence-electron chi connectivity index (χ1n) is 10.6. The first kappa shape index (κ1) is 22.6. The van der Waals surface area contributed by atoms with Crippen LogP contribution in [0.2, 0.25) is 5.02 Å². The zero-order valence-electron chi connectivity index (χ0n) is 18.5. The number of carbonyl (C=O) groups is 1. The van der Waals surface area contributed by atoms with Gasteiger partial charge in [0.25, 0.3) is 0 Å². The quantitative estimate of drug-likeness (QED) is 0.233. The second kappa shape index (κ2) is 9.08. The molecular formula is C26H24ClN3O3. The van der Waals surface area contributed by atoms with E-state index in [-0.39, 0.29) is 18.9 Å². The molecule has 4 rings (SSSR count). The predicted octanol–water partition coefficient (Wildman–Crippen LogP) is 4.35. The summed E-state index contributed by atoms with van der Waals surface area (Å²) < 4.78 is 4.64. The molecule has 0 N–H and O–H groups in total. The average molecular weight is 462 g/mol. The van der Waals surface area contributed by atoms with Crippen LogP contribution < -0.4 is 11.1 Å². The Labute approximate surface area is 196 Å². The molecule has 0 spiro atoms. The largest absolute Gasteiger partial charge is 0.345 e. The van der Waals surface area contributed by atoms with Crippen molar-refractivity contribution < 1.29 is 4.79 Å². The minimum Gasteiger partial charge on any atom is -0.345 e. The summed E-state index contributed by atoms with van der Waals surface area (Å²) in [5.41, 5.74) is 2.67. The van der Waals surface area contributed by atoms with Crippen LogP contribution in [0.4, 0.5) is 0 Å². The van der Waals surface area contributed by atoms with Gasteiger partial charge in [-0.2, -0.15) is 0 Å². The maximum Gasteiger partial charge on any atom is 0.317 e. The van der Waals surface area contributed by atoms with Crippen molar-refractivity contribution in [3.05, 3.63) is 115 Å².